The lowest BCUT2D eigenvalue weighted by Crippen LogP contribution is -2.46. The topological polar surface area (TPSA) is 3.24 Å². The van der Waals surface area contributed by atoms with Gasteiger partial charge in [-0.3, -0.25) is 4.90 Å². The standard InChI is InChI=1S/C9H16F3N/c1-7-4-3-5-13(8(7)2)6-9(10,11)12/h7-8H,3-6H2,1-2H3/t7-,8-/m1/s1. The second kappa shape index (κ2) is 3.86. The van der Waals surface area contributed by atoms with Crippen molar-refractivity contribution in [3.63, 3.8) is 0 Å². The van der Waals surface area contributed by atoms with E-state index >= 15 is 0 Å². The summed E-state index contributed by atoms with van der Waals surface area (Å²) in [5.74, 6) is 0.385. The number of hydrogen-bond acceptors (Lipinski definition) is 1. The lowest BCUT2D eigenvalue weighted by Gasteiger charge is -2.38. The number of hydrogen-bond donors (Lipinski definition) is 0. The summed E-state index contributed by atoms with van der Waals surface area (Å²) in [6, 6.07) is 0.0652. The molecule has 1 rings (SSSR count). The first kappa shape index (κ1) is 10.8. The van der Waals surface area contributed by atoms with Crippen LogP contribution in [0.5, 0.6) is 0 Å². The van der Waals surface area contributed by atoms with E-state index in [1.54, 1.807) is 0 Å². The SMILES string of the molecule is C[C@@H]1CCCN(CC(F)(F)F)[C@@H]1C. The summed E-state index contributed by atoms with van der Waals surface area (Å²) >= 11 is 0. The van der Waals surface area contributed by atoms with Crippen molar-refractivity contribution in [3.05, 3.63) is 0 Å². The van der Waals surface area contributed by atoms with Crippen LogP contribution in [0.2, 0.25) is 0 Å². The Labute approximate surface area is 76.9 Å². The van der Waals surface area contributed by atoms with Gasteiger partial charge in [0, 0.05) is 6.04 Å². The van der Waals surface area contributed by atoms with Crippen molar-refractivity contribution < 1.29 is 13.2 Å². The zero-order chi connectivity index (χ0) is 10.1. The number of likely N-dealkylation sites (tertiary alicyclic amines) is 1. The molecule has 0 radical (unpaired) electrons. The largest absolute Gasteiger partial charge is 0.401 e. The molecule has 0 aromatic carbocycles. The second-order valence-electron chi connectivity index (χ2n) is 3.95. The second-order valence-corrected chi connectivity index (χ2v) is 3.95. The first-order chi connectivity index (χ1) is 5.90. The third-order valence-corrected chi connectivity index (χ3v) is 2.89. The van der Waals surface area contributed by atoms with Crippen LogP contribution in [0.15, 0.2) is 0 Å². The Hall–Kier alpha value is -0.250. The highest BCUT2D eigenvalue weighted by atomic mass is 19.4. The summed E-state index contributed by atoms with van der Waals surface area (Å²) in [6.07, 6.45) is -2.11. The molecule has 1 nitrogen and oxygen atoms in total. The maximum Gasteiger partial charge on any atom is 0.401 e. The van der Waals surface area contributed by atoms with Crippen LogP contribution in [0, 0.1) is 5.92 Å². The summed E-state index contributed by atoms with van der Waals surface area (Å²) in [5, 5.41) is 0. The summed E-state index contributed by atoms with van der Waals surface area (Å²) in [5.41, 5.74) is 0. The molecule has 1 fully saturated rings. The van der Waals surface area contributed by atoms with E-state index in [0.717, 1.165) is 12.8 Å². The minimum absolute atomic E-state index is 0.0652. The highest BCUT2D eigenvalue weighted by Crippen LogP contribution is 2.26. The minimum Gasteiger partial charge on any atom is -0.292 e. The zero-order valence-corrected chi connectivity index (χ0v) is 8.06. The molecule has 0 N–H and O–H groups in total. The molecular formula is C9H16F3N. The predicted octanol–water partition coefficient (Wildman–Crippen LogP) is 2.67. The third-order valence-electron chi connectivity index (χ3n) is 2.89. The molecule has 0 unspecified atom stereocenters. The molecule has 0 spiro atoms. The number of piperidine rings is 1. The smallest absolute Gasteiger partial charge is 0.292 e. The fourth-order valence-electron chi connectivity index (χ4n) is 1.87. The van der Waals surface area contributed by atoms with Crippen LogP contribution in [0.25, 0.3) is 0 Å². The molecule has 0 aromatic rings. The number of alkyl halides is 3. The Morgan fingerprint density at radius 2 is 1.92 bits per heavy atom. The molecule has 2 atom stereocenters. The molecule has 0 aliphatic carbocycles. The summed E-state index contributed by atoms with van der Waals surface area (Å²) < 4.78 is 36.3. The third kappa shape index (κ3) is 3.18. The Bertz CT molecular complexity index is 167. The van der Waals surface area contributed by atoms with Gasteiger partial charge in [-0.1, -0.05) is 6.92 Å². The van der Waals surface area contributed by atoms with E-state index in [0.29, 0.717) is 12.5 Å². The Balaban J connectivity index is 2.49. The van der Waals surface area contributed by atoms with E-state index in [4.69, 9.17) is 0 Å². The van der Waals surface area contributed by atoms with Gasteiger partial charge in [0.05, 0.1) is 6.54 Å². The number of nitrogens with zero attached hydrogens (tertiary/aromatic N) is 1. The maximum atomic E-state index is 12.1. The Morgan fingerprint density at radius 3 is 2.46 bits per heavy atom. The molecule has 1 heterocycles. The van der Waals surface area contributed by atoms with Crippen molar-refractivity contribution in [2.75, 3.05) is 13.1 Å². The maximum absolute atomic E-state index is 12.1. The van der Waals surface area contributed by atoms with Gasteiger partial charge in [-0.15, -0.1) is 0 Å². The summed E-state index contributed by atoms with van der Waals surface area (Å²) in [4.78, 5) is 1.54. The van der Waals surface area contributed by atoms with Crippen molar-refractivity contribution in [1.82, 2.24) is 4.90 Å². The van der Waals surface area contributed by atoms with Gasteiger partial charge >= 0.3 is 6.18 Å². The van der Waals surface area contributed by atoms with Crippen molar-refractivity contribution >= 4 is 0 Å². The van der Waals surface area contributed by atoms with Gasteiger partial charge < -0.3 is 0 Å². The molecule has 4 heteroatoms. The van der Waals surface area contributed by atoms with Crippen molar-refractivity contribution in [3.8, 4) is 0 Å². The molecule has 0 aromatic heterocycles. The van der Waals surface area contributed by atoms with Gasteiger partial charge in [0.25, 0.3) is 0 Å². The van der Waals surface area contributed by atoms with E-state index in [-0.39, 0.29) is 6.04 Å². The van der Waals surface area contributed by atoms with E-state index in [1.165, 1.54) is 4.90 Å². The Kier molecular flexibility index (Phi) is 3.22. The molecule has 0 amide bonds. The molecular weight excluding hydrogens is 179 g/mol. The molecule has 1 saturated heterocycles. The summed E-state index contributed by atoms with van der Waals surface area (Å²) in [6.45, 7) is 3.74. The monoisotopic (exact) mass is 195 g/mol. The van der Waals surface area contributed by atoms with Crippen molar-refractivity contribution in [2.45, 2.75) is 38.9 Å². The normalized spacial score (nSPS) is 32.1. The number of halogens is 3. The highest BCUT2D eigenvalue weighted by Gasteiger charge is 2.35. The predicted molar refractivity (Wildman–Crippen MR) is 45.5 cm³/mol. The molecule has 1 aliphatic heterocycles. The first-order valence-electron chi connectivity index (χ1n) is 4.71. The van der Waals surface area contributed by atoms with Crippen LogP contribution >= 0.6 is 0 Å². The van der Waals surface area contributed by atoms with E-state index in [9.17, 15) is 13.2 Å². The molecule has 1 aliphatic rings. The van der Waals surface area contributed by atoms with Gasteiger partial charge in [0.2, 0.25) is 0 Å². The average molecular weight is 195 g/mol. The van der Waals surface area contributed by atoms with Gasteiger partial charge in [-0.05, 0) is 32.2 Å². The molecule has 0 bridgehead atoms. The molecule has 78 valence electrons. The fourth-order valence-corrected chi connectivity index (χ4v) is 1.87. The van der Waals surface area contributed by atoms with Crippen LogP contribution < -0.4 is 0 Å². The van der Waals surface area contributed by atoms with E-state index in [2.05, 4.69) is 0 Å². The summed E-state index contributed by atoms with van der Waals surface area (Å²) in [7, 11) is 0. The Morgan fingerprint density at radius 1 is 1.31 bits per heavy atom. The molecule has 13 heavy (non-hydrogen) atoms. The van der Waals surface area contributed by atoms with Gasteiger partial charge in [0.15, 0.2) is 0 Å². The quantitative estimate of drug-likeness (QED) is 0.621. The minimum atomic E-state index is -4.05. The highest BCUT2D eigenvalue weighted by molar-refractivity contribution is 4.79. The van der Waals surface area contributed by atoms with Gasteiger partial charge in [-0.2, -0.15) is 13.2 Å². The lowest BCUT2D eigenvalue weighted by atomic mass is 9.92. The van der Waals surface area contributed by atoms with E-state index in [1.807, 2.05) is 13.8 Å². The van der Waals surface area contributed by atoms with E-state index < -0.39 is 12.7 Å². The van der Waals surface area contributed by atoms with Crippen molar-refractivity contribution in [2.24, 2.45) is 5.92 Å². The fraction of sp³-hybridized carbons (Fsp3) is 1.00. The van der Waals surface area contributed by atoms with Crippen LogP contribution in [-0.4, -0.2) is 30.2 Å². The van der Waals surface area contributed by atoms with Gasteiger partial charge in [-0.25, -0.2) is 0 Å². The average Bonchev–Trinajstić information content (AvgIpc) is 1.96. The first-order valence-corrected chi connectivity index (χ1v) is 4.71. The number of rotatable bonds is 1. The van der Waals surface area contributed by atoms with Crippen LogP contribution in [0.3, 0.4) is 0 Å². The van der Waals surface area contributed by atoms with Crippen LogP contribution in [0.4, 0.5) is 13.2 Å². The lowest BCUT2D eigenvalue weighted by molar-refractivity contribution is -0.155. The van der Waals surface area contributed by atoms with Crippen LogP contribution in [-0.2, 0) is 0 Å². The zero-order valence-electron chi connectivity index (χ0n) is 8.06. The van der Waals surface area contributed by atoms with Crippen LogP contribution in [0.1, 0.15) is 26.7 Å². The van der Waals surface area contributed by atoms with Gasteiger partial charge in [0.1, 0.15) is 0 Å². The van der Waals surface area contributed by atoms with Crippen molar-refractivity contribution in [1.29, 1.82) is 0 Å². The molecule has 0 saturated carbocycles.